The summed E-state index contributed by atoms with van der Waals surface area (Å²) in [6, 6.07) is 0.0713. The smallest absolute Gasteiger partial charge is 0.220 e. The summed E-state index contributed by atoms with van der Waals surface area (Å²) in [4.78, 5) is 11.2. The molecule has 5 heteroatoms. The van der Waals surface area contributed by atoms with Crippen molar-refractivity contribution in [2.24, 2.45) is 5.73 Å². The van der Waals surface area contributed by atoms with Crippen LogP contribution in [0, 0.1) is 0 Å². The fraction of sp³-hybridized carbons (Fsp3) is 0.900. The summed E-state index contributed by atoms with van der Waals surface area (Å²) in [7, 11) is 0. The summed E-state index contributed by atoms with van der Waals surface area (Å²) in [5, 5.41) is 12.0. The lowest BCUT2D eigenvalue weighted by Crippen LogP contribution is -2.28. The van der Waals surface area contributed by atoms with Gasteiger partial charge in [0, 0.05) is 19.0 Å². The van der Waals surface area contributed by atoms with Crippen LogP contribution in [0.4, 0.5) is 0 Å². The summed E-state index contributed by atoms with van der Waals surface area (Å²) < 4.78 is 0. The van der Waals surface area contributed by atoms with Crippen LogP contribution in [0.25, 0.3) is 0 Å². The van der Waals surface area contributed by atoms with Gasteiger partial charge in [-0.05, 0) is 26.2 Å². The Morgan fingerprint density at radius 2 is 2.07 bits per heavy atom. The highest BCUT2D eigenvalue weighted by molar-refractivity contribution is 5.85. The van der Waals surface area contributed by atoms with Gasteiger partial charge in [-0.3, -0.25) is 4.79 Å². The minimum Gasteiger partial charge on any atom is -0.393 e. The van der Waals surface area contributed by atoms with Crippen LogP contribution in [0.15, 0.2) is 0 Å². The van der Waals surface area contributed by atoms with Gasteiger partial charge in [0.1, 0.15) is 0 Å². The molecule has 0 aromatic carbocycles. The molecular weight excluding hydrogens is 216 g/mol. The van der Waals surface area contributed by atoms with Gasteiger partial charge in [-0.1, -0.05) is 6.92 Å². The summed E-state index contributed by atoms with van der Waals surface area (Å²) in [5.41, 5.74) is 5.52. The first kappa shape index (κ1) is 17.1. The van der Waals surface area contributed by atoms with Crippen LogP contribution in [0.3, 0.4) is 0 Å². The highest BCUT2D eigenvalue weighted by Crippen LogP contribution is 1.96. The number of hydrogen-bond donors (Lipinski definition) is 3. The average molecular weight is 239 g/mol. The zero-order valence-corrected chi connectivity index (χ0v) is 10.3. The van der Waals surface area contributed by atoms with E-state index >= 15 is 0 Å². The molecule has 0 aliphatic heterocycles. The van der Waals surface area contributed by atoms with E-state index in [0.29, 0.717) is 25.8 Å². The van der Waals surface area contributed by atoms with E-state index in [4.69, 9.17) is 5.73 Å². The van der Waals surface area contributed by atoms with Gasteiger partial charge >= 0.3 is 0 Å². The predicted octanol–water partition coefficient (Wildman–Crippen LogP) is 0.813. The van der Waals surface area contributed by atoms with Crippen molar-refractivity contribution >= 4 is 18.3 Å². The molecule has 0 aliphatic carbocycles. The number of amides is 1. The lowest BCUT2D eigenvalue weighted by atomic mass is 10.2. The fourth-order valence-corrected chi connectivity index (χ4v) is 1.03. The second-order valence-electron chi connectivity index (χ2n) is 3.72. The average Bonchev–Trinajstić information content (AvgIpc) is 2.14. The van der Waals surface area contributed by atoms with Crippen LogP contribution in [-0.2, 0) is 4.79 Å². The number of rotatable bonds is 7. The van der Waals surface area contributed by atoms with Crippen LogP contribution in [0.5, 0.6) is 0 Å². The molecule has 0 radical (unpaired) electrons. The van der Waals surface area contributed by atoms with Crippen molar-refractivity contribution in [1.82, 2.24) is 5.32 Å². The first-order valence-corrected chi connectivity index (χ1v) is 5.26. The molecule has 4 nitrogen and oxygen atoms in total. The van der Waals surface area contributed by atoms with Gasteiger partial charge < -0.3 is 16.2 Å². The molecule has 0 spiro atoms. The quantitative estimate of drug-likeness (QED) is 0.615. The maximum atomic E-state index is 11.2. The zero-order chi connectivity index (χ0) is 11.0. The Balaban J connectivity index is 0. The predicted molar refractivity (Wildman–Crippen MR) is 64.1 cm³/mol. The molecule has 0 aromatic heterocycles. The molecule has 0 heterocycles. The van der Waals surface area contributed by atoms with E-state index < -0.39 is 0 Å². The van der Waals surface area contributed by atoms with Crippen molar-refractivity contribution in [3.8, 4) is 0 Å². The molecular formula is C10H23ClN2O2. The maximum Gasteiger partial charge on any atom is 0.220 e. The molecule has 0 bridgehead atoms. The van der Waals surface area contributed by atoms with E-state index in [-0.39, 0.29) is 30.5 Å². The van der Waals surface area contributed by atoms with Crippen LogP contribution in [-0.4, -0.2) is 29.7 Å². The Bertz CT molecular complexity index is 166. The molecule has 2 unspecified atom stereocenters. The summed E-state index contributed by atoms with van der Waals surface area (Å²) in [6.07, 6.45) is 2.24. The first-order chi connectivity index (χ1) is 6.56. The molecule has 0 aromatic rings. The van der Waals surface area contributed by atoms with E-state index in [9.17, 15) is 9.90 Å². The summed E-state index contributed by atoms with van der Waals surface area (Å²) >= 11 is 0. The molecule has 0 fully saturated rings. The van der Waals surface area contributed by atoms with Crippen molar-refractivity contribution in [1.29, 1.82) is 0 Å². The van der Waals surface area contributed by atoms with Crippen molar-refractivity contribution in [2.45, 2.75) is 51.7 Å². The van der Waals surface area contributed by atoms with Crippen LogP contribution in [0.1, 0.15) is 39.5 Å². The number of halogens is 1. The Morgan fingerprint density at radius 1 is 1.47 bits per heavy atom. The Labute approximate surface area is 98.0 Å². The van der Waals surface area contributed by atoms with Crippen LogP contribution >= 0.6 is 12.4 Å². The van der Waals surface area contributed by atoms with E-state index in [1.807, 2.05) is 13.8 Å². The third-order valence-corrected chi connectivity index (χ3v) is 2.10. The Hall–Kier alpha value is -0.320. The van der Waals surface area contributed by atoms with E-state index in [1.54, 1.807) is 0 Å². The minimum atomic E-state index is -0.302. The van der Waals surface area contributed by atoms with E-state index in [2.05, 4.69) is 5.32 Å². The minimum absolute atomic E-state index is 0. The number of hydrogen-bond acceptors (Lipinski definition) is 3. The normalized spacial score (nSPS) is 13.9. The Kier molecular flexibility index (Phi) is 11.6. The van der Waals surface area contributed by atoms with Gasteiger partial charge in [0.15, 0.2) is 0 Å². The molecule has 0 saturated carbocycles. The first-order valence-electron chi connectivity index (χ1n) is 5.26. The Morgan fingerprint density at radius 3 is 2.53 bits per heavy atom. The number of aliphatic hydroxyl groups is 1. The number of carbonyl (C=O) groups is 1. The van der Waals surface area contributed by atoms with Gasteiger partial charge in [0.2, 0.25) is 5.91 Å². The topological polar surface area (TPSA) is 75.3 Å². The molecule has 0 saturated heterocycles. The van der Waals surface area contributed by atoms with Gasteiger partial charge in [-0.2, -0.15) is 0 Å². The molecule has 0 rings (SSSR count). The summed E-state index contributed by atoms with van der Waals surface area (Å²) in [6.45, 7) is 4.35. The van der Waals surface area contributed by atoms with Gasteiger partial charge in [-0.15, -0.1) is 12.4 Å². The number of carbonyl (C=O) groups excluding carboxylic acids is 1. The summed E-state index contributed by atoms with van der Waals surface area (Å²) in [5.74, 6) is 0.0191. The maximum absolute atomic E-state index is 11.2. The second-order valence-corrected chi connectivity index (χ2v) is 3.72. The van der Waals surface area contributed by atoms with Gasteiger partial charge in [-0.25, -0.2) is 0 Å². The molecule has 92 valence electrons. The fourth-order valence-electron chi connectivity index (χ4n) is 1.03. The molecule has 1 amide bonds. The monoisotopic (exact) mass is 238 g/mol. The lowest BCUT2D eigenvalue weighted by Gasteiger charge is -2.09. The second kappa shape index (κ2) is 10.2. The standard InChI is InChI=1S/C10H22N2O2.ClH/c1-3-9(13)6-7-12-10(14)5-4-8(2)11;/h8-9,13H,3-7,11H2,1-2H3,(H,12,14);1H. The molecule has 4 N–H and O–H groups in total. The zero-order valence-electron chi connectivity index (χ0n) is 9.53. The van der Waals surface area contributed by atoms with E-state index in [0.717, 1.165) is 6.42 Å². The van der Waals surface area contributed by atoms with Crippen molar-refractivity contribution in [2.75, 3.05) is 6.54 Å². The molecule has 2 atom stereocenters. The highest BCUT2D eigenvalue weighted by Gasteiger charge is 2.04. The number of nitrogens with two attached hydrogens (primary N) is 1. The van der Waals surface area contributed by atoms with Crippen molar-refractivity contribution in [3.05, 3.63) is 0 Å². The highest BCUT2D eigenvalue weighted by atomic mass is 35.5. The molecule has 0 aliphatic rings. The third-order valence-electron chi connectivity index (χ3n) is 2.10. The van der Waals surface area contributed by atoms with E-state index in [1.165, 1.54) is 0 Å². The SMILES string of the molecule is CCC(O)CCNC(=O)CCC(C)N.Cl. The largest absolute Gasteiger partial charge is 0.393 e. The van der Waals surface area contributed by atoms with Gasteiger partial charge in [0.25, 0.3) is 0 Å². The van der Waals surface area contributed by atoms with Crippen LogP contribution in [0.2, 0.25) is 0 Å². The lowest BCUT2D eigenvalue weighted by molar-refractivity contribution is -0.121. The van der Waals surface area contributed by atoms with Gasteiger partial charge in [0.05, 0.1) is 6.10 Å². The number of aliphatic hydroxyl groups excluding tert-OH is 1. The van der Waals surface area contributed by atoms with Crippen molar-refractivity contribution in [3.63, 3.8) is 0 Å². The van der Waals surface area contributed by atoms with Crippen LogP contribution < -0.4 is 11.1 Å². The molecule has 15 heavy (non-hydrogen) atoms. The van der Waals surface area contributed by atoms with Crippen molar-refractivity contribution < 1.29 is 9.90 Å². The number of nitrogens with one attached hydrogen (secondary N) is 1. The third kappa shape index (κ3) is 11.6.